The van der Waals surface area contributed by atoms with Gasteiger partial charge in [0.05, 0.1) is 18.5 Å². The van der Waals surface area contributed by atoms with Crippen LogP contribution in [0, 0.1) is 0 Å². The number of nitrogens with one attached hydrogen (secondary N) is 2. The first-order chi connectivity index (χ1) is 11.6. The van der Waals surface area contributed by atoms with Crippen molar-refractivity contribution >= 4 is 23.3 Å². The number of fused-ring (bicyclic) bond motifs is 1. The third-order valence-corrected chi connectivity index (χ3v) is 5.28. The van der Waals surface area contributed by atoms with E-state index in [-0.39, 0.29) is 24.4 Å². The molecule has 6 heteroatoms. The molecular formula is C18H21N3O2S. The minimum Gasteiger partial charge on any atom is -0.352 e. The second-order valence-electron chi connectivity index (χ2n) is 5.99. The molecule has 5 nitrogen and oxygen atoms in total. The number of nitrogens with two attached hydrogens (primary N) is 1. The molecule has 0 saturated carbocycles. The van der Waals surface area contributed by atoms with Crippen LogP contribution in [0.1, 0.15) is 47.4 Å². The number of urea groups is 1. The van der Waals surface area contributed by atoms with Gasteiger partial charge in [-0.2, -0.15) is 0 Å². The van der Waals surface area contributed by atoms with Crippen LogP contribution in [0.3, 0.4) is 0 Å². The van der Waals surface area contributed by atoms with Crippen LogP contribution < -0.4 is 16.4 Å². The Labute approximate surface area is 145 Å². The summed E-state index contributed by atoms with van der Waals surface area (Å²) in [6, 6.07) is 11.1. The molecule has 126 valence electrons. The predicted octanol–water partition coefficient (Wildman–Crippen LogP) is 3.04. The SMILES string of the molecule is NC(=O)N[C@H](CC(=O)N[C@H]1CCCc2ccccc21)c1cccs1. The lowest BCUT2D eigenvalue weighted by molar-refractivity contribution is -0.122. The van der Waals surface area contributed by atoms with E-state index in [0.717, 1.165) is 24.1 Å². The Morgan fingerprint density at radius 3 is 2.83 bits per heavy atom. The highest BCUT2D eigenvalue weighted by Crippen LogP contribution is 2.30. The van der Waals surface area contributed by atoms with E-state index >= 15 is 0 Å². The average molecular weight is 343 g/mol. The Morgan fingerprint density at radius 1 is 1.25 bits per heavy atom. The minimum atomic E-state index is -0.621. The molecule has 0 fully saturated rings. The smallest absolute Gasteiger partial charge is 0.312 e. The van der Waals surface area contributed by atoms with Crippen LogP contribution >= 0.6 is 11.3 Å². The largest absolute Gasteiger partial charge is 0.352 e. The number of aryl methyl sites for hydroxylation is 1. The summed E-state index contributed by atoms with van der Waals surface area (Å²) in [5.41, 5.74) is 7.75. The Morgan fingerprint density at radius 2 is 2.08 bits per heavy atom. The van der Waals surface area contributed by atoms with Gasteiger partial charge in [-0.15, -0.1) is 11.3 Å². The summed E-state index contributed by atoms with van der Waals surface area (Å²) >= 11 is 1.50. The highest BCUT2D eigenvalue weighted by Gasteiger charge is 2.24. The highest BCUT2D eigenvalue weighted by atomic mass is 32.1. The maximum Gasteiger partial charge on any atom is 0.312 e. The van der Waals surface area contributed by atoms with Gasteiger partial charge < -0.3 is 16.4 Å². The number of amides is 3. The fourth-order valence-electron chi connectivity index (χ4n) is 3.23. The molecule has 1 heterocycles. The van der Waals surface area contributed by atoms with Gasteiger partial charge in [0.25, 0.3) is 0 Å². The van der Waals surface area contributed by atoms with Crippen LogP contribution in [0.4, 0.5) is 4.79 Å². The van der Waals surface area contributed by atoms with Gasteiger partial charge in [-0.25, -0.2) is 4.79 Å². The summed E-state index contributed by atoms with van der Waals surface area (Å²) < 4.78 is 0. The summed E-state index contributed by atoms with van der Waals surface area (Å²) in [5, 5.41) is 7.69. The van der Waals surface area contributed by atoms with E-state index in [9.17, 15) is 9.59 Å². The highest BCUT2D eigenvalue weighted by molar-refractivity contribution is 7.10. The van der Waals surface area contributed by atoms with Crippen molar-refractivity contribution < 1.29 is 9.59 Å². The molecule has 1 aliphatic rings. The topological polar surface area (TPSA) is 84.2 Å². The zero-order valence-corrected chi connectivity index (χ0v) is 14.1. The molecule has 2 aromatic rings. The Kier molecular flexibility index (Phi) is 5.15. The molecule has 0 bridgehead atoms. The van der Waals surface area contributed by atoms with E-state index in [2.05, 4.69) is 22.8 Å². The number of benzene rings is 1. The van der Waals surface area contributed by atoms with E-state index in [1.54, 1.807) is 0 Å². The van der Waals surface area contributed by atoms with E-state index in [1.807, 2.05) is 29.6 Å². The van der Waals surface area contributed by atoms with Crippen LogP contribution in [-0.4, -0.2) is 11.9 Å². The number of primary amides is 1. The van der Waals surface area contributed by atoms with Gasteiger partial charge in [0.15, 0.2) is 0 Å². The molecule has 1 aromatic carbocycles. The van der Waals surface area contributed by atoms with Crippen molar-refractivity contribution in [1.82, 2.24) is 10.6 Å². The number of thiophene rings is 1. The fraction of sp³-hybridized carbons (Fsp3) is 0.333. The second kappa shape index (κ2) is 7.49. The normalized spacial score (nSPS) is 17.6. The zero-order valence-electron chi connectivity index (χ0n) is 13.3. The molecule has 3 amide bonds. The summed E-state index contributed by atoms with van der Waals surface area (Å²) in [7, 11) is 0. The summed E-state index contributed by atoms with van der Waals surface area (Å²) in [5.74, 6) is -0.0798. The minimum absolute atomic E-state index is 0.0417. The third kappa shape index (κ3) is 3.94. The van der Waals surface area contributed by atoms with E-state index in [0.29, 0.717) is 0 Å². The van der Waals surface area contributed by atoms with Crippen molar-refractivity contribution in [2.75, 3.05) is 0 Å². The Hall–Kier alpha value is -2.34. The molecule has 3 rings (SSSR count). The van der Waals surface area contributed by atoms with Crippen molar-refractivity contribution in [2.24, 2.45) is 5.73 Å². The molecule has 0 unspecified atom stereocenters. The zero-order chi connectivity index (χ0) is 16.9. The van der Waals surface area contributed by atoms with Crippen LogP contribution in [0.15, 0.2) is 41.8 Å². The maximum atomic E-state index is 12.5. The van der Waals surface area contributed by atoms with E-state index < -0.39 is 6.03 Å². The van der Waals surface area contributed by atoms with Crippen LogP contribution in [0.2, 0.25) is 0 Å². The van der Waals surface area contributed by atoms with Gasteiger partial charge in [0.1, 0.15) is 0 Å². The molecule has 0 spiro atoms. The van der Waals surface area contributed by atoms with E-state index in [4.69, 9.17) is 5.73 Å². The number of hydrogen-bond acceptors (Lipinski definition) is 3. The quantitative estimate of drug-likeness (QED) is 0.779. The second-order valence-corrected chi connectivity index (χ2v) is 6.97. The predicted molar refractivity (Wildman–Crippen MR) is 94.7 cm³/mol. The molecule has 1 aliphatic carbocycles. The van der Waals surface area contributed by atoms with Gasteiger partial charge in [0, 0.05) is 4.88 Å². The summed E-state index contributed by atoms with van der Waals surface area (Å²) in [4.78, 5) is 24.7. The standard InChI is InChI=1S/C18H21N3O2S/c19-18(23)21-15(16-9-4-10-24-16)11-17(22)20-14-8-3-6-12-5-1-2-7-13(12)14/h1-2,4-5,7,9-10,14-15H,3,6,8,11H2,(H,20,22)(H3,19,21,23)/t14-,15+/m0/s1. The Balaban J connectivity index is 1.67. The lowest BCUT2D eigenvalue weighted by atomic mass is 9.87. The summed E-state index contributed by atoms with van der Waals surface area (Å²) in [6.45, 7) is 0. The molecule has 0 saturated heterocycles. The molecule has 24 heavy (non-hydrogen) atoms. The first-order valence-electron chi connectivity index (χ1n) is 8.10. The number of hydrogen-bond donors (Lipinski definition) is 3. The van der Waals surface area contributed by atoms with Gasteiger partial charge in [0.2, 0.25) is 5.91 Å². The molecule has 2 atom stereocenters. The van der Waals surface area contributed by atoms with Crippen molar-refractivity contribution in [2.45, 2.75) is 37.8 Å². The van der Waals surface area contributed by atoms with Crippen molar-refractivity contribution in [3.05, 3.63) is 57.8 Å². The number of rotatable bonds is 5. The van der Waals surface area contributed by atoms with Gasteiger partial charge >= 0.3 is 6.03 Å². The average Bonchev–Trinajstić information content (AvgIpc) is 3.08. The lowest BCUT2D eigenvalue weighted by Crippen LogP contribution is -2.37. The van der Waals surface area contributed by atoms with Crippen molar-refractivity contribution in [1.29, 1.82) is 0 Å². The van der Waals surface area contributed by atoms with E-state index in [1.165, 1.54) is 22.5 Å². The lowest BCUT2D eigenvalue weighted by Gasteiger charge is -2.27. The van der Waals surface area contributed by atoms with Crippen LogP contribution in [0.5, 0.6) is 0 Å². The molecule has 0 radical (unpaired) electrons. The first-order valence-corrected chi connectivity index (χ1v) is 8.98. The number of carbonyl (C=O) groups is 2. The van der Waals surface area contributed by atoms with Gasteiger partial charge in [-0.3, -0.25) is 4.79 Å². The fourth-order valence-corrected chi connectivity index (χ4v) is 4.00. The molecule has 4 N–H and O–H groups in total. The first kappa shape index (κ1) is 16.5. The van der Waals surface area contributed by atoms with Crippen LogP contribution in [0.25, 0.3) is 0 Å². The van der Waals surface area contributed by atoms with Gasteiger partial charge in [-0.1, -0.05) is 30.3 Å². The van der Waals surface area contributed by atoms with Crippen LogP contribution in [-0.2, 0) is 11.2 Å². The molecule has 0 aliphatic heterocycles. The maximum absolute atomic E-state index is 12.5. The summed E-state index contributed by atoms with van der Waals surface area (Å²) in [6.07, 6.45) is 3.25. The molecular weight excluding hydrogens is 322 g/mol. The number of carbonyl (C=O) groups excluding carboxylic acids is 2. The monoisotopic (exact) mass is 343 g/mol. The van der Waals surface area contributed by atoms with Crippen molar-refractivity contribution in [3.63, 3.8) is 0 Å². The van der Waals surface area contributed by atoms with Crippen molar-refractivity contribution in [3.8, 4) is 0 Å². The molecule has 1 aromatic heterocycles. The Bertz CT molecular complexity index is 715. The third-order valence-electron chi connectivity index (χ3n) is 4.30. The van der Waals surface area contributed by atoms with Gasteiger partial charge in [-0.05, 0) is 41.8 Å².